The van der Waals surface area contributed by atoms with Crippen LogP contribution in [0.3, 0.4) is 0 Å². The molecule has 1 fully saturated rings. The molecule has 0 saturated carbocycles. The Hall–Kier alpha value is -2.38. The van der Waals surface area contributed by atoms with E-state index in [9.17, 15) is 18.0 Å². The Balaban J connectivity index is 1.78. The Morgan fingerprint density at radius 2 is 1.88 bits per heavy atom. The summed E-state index contributed by atoms with van der Waals surface area (Å²) < 4.78 is 39.9. The molecule has 0 bridgehead atoms. The lowest BCUT2D eigenvalue weighted by Gasteiger charge is -2.34. The number of halogens is 3. The van der Waals surface area contributed by atoms with Crippen LogP contribution in [-0.2, 0) is 11.0 Å². The molecule has 1 aromatic heterocycles. The molecule has 0 radical (unpaired) electrons. The van der Waals surface area contributed by atoms with Crippen LogP contribution in [0.15, 0.2) is 24.3 Å². The van der Waals surface area contributed by atoms with Gasteiger partial charge in [-0.2, -0.15) is 13.2 Å². The van der Waals surface area contributed by atoms with E-state index < -0.39 is 17.8 Å². The summed E-state index contributed by atoms with van der Waals surface area (Å²) in [6.45, 7) is 2.49. The van der Waals surface area contributed by atoms with Crippen LogP contribution in [0.5, 0.6) is 0 Å². The molecule has 1 amide bonds. The number of benzene rings is 1. The van der Waals surface area contributed by atoms with Crippen LogP contribution in [0, 0.1) is 0 Å². The van der Waals surface area contributed by atoms with E-state index in [0.29, 0.717) is 11.4 Å². The number of carbonyl (C=O) groups excluding carboxylic acids is 1. The number of hydrogen-bond donors (Lipinski definition) is 0. The molecule has 2 aliphatic heterocycles. The van der Waals surface area contributed by atoms with Crippen LogP contribution >= 0.6 is 0 Å². The minimum atomic E-state index is -4.38. The van der Waals surface area contributed by atoms with Crippen molar-refractivity contribution >= 4 is 5.91 Å². The third-order valence-corrected chi connectivity index (χ3v) is 4.77. The van der Waals surface area contributed by atoms with Gasteiger partial charge in [0.05, 0.1) is 11.6 Å². The Morgan fingerprint density at radius 3 is 2.54 bits per heavy atom. The first kappa shape index (κ1) is 15.2. The maximum Gasteiger partial charge on any atom is 0.416 e. The summed E-state index contributed by atoms with van der Waals surface area (Å²) in [5.74, 6) is 1.17. The quantitative estimate of drug-likeness (QED) is 0.803. The van der Waals surface area contributed by atoms with Gasteiger partial charge in [0, 0.05) is 12.1 Å². The highest BCUT2D eigenvalue weighted by atomic mass is 19.4. The smallest absolute Gasteiger partial charge is 0.331 e. The number of aromatic nitrogens is 3. The predicted molar refractivity (Wildman–Crippen MR) is 78.9 cm³/mol. The fourth-order valence-electron chi connectivity index (χ4n) is 3.57. The zero-order valence-corrected chi connectivity index (χ0v) is 12.9. The van der Waals surface area contributed by atoms with E-state index in [1.165, 1.54) is 12.1 Å². The molecule has 0 unspecified atom stereocenters. The average molecular weight is 336 g/mol. The largest absolute Gasteiger partial charge is 0.416 e. The van der Waals surface area contributed by atoms with Crippen molar-refractivity contribution in [3.05, 3.63) is 35.7 Å². The van der Waals surface area contributed by atoms with Crippen molar-refractivity contribution in [3.8, 4) is 11.4 Å². The Labute approximate surface area is 136 Å². The second kappa shape index (κ2) is 5.06. The van der Waals surface area contributed by atoms with Gasteiger partial charge in [-0.1, -0.05) is 12.1 Å². The van der Waals surface area contributed by atoms with Gasteiger partial charge < -0.3 is 4.90 Å². The van der Waals surface area contributed by atoms with E-state index in [1.54, 1.807) is 11.5 Å². The Bertz CT molecular complexity index is 797. The highest BCUT2D eigenvalue weighted by molar-refractivity contribution is 5.83. The summed E-state index contributed by atoms with van der Waals surface area (Å²) in [5.41, 5.74) is -0.191. The van der Waals surface area contributed by atoms with Crippen molar-refractivity contribution in [2.75, 3.05) is 6.54 Å². The lowest BCUT2D eigenvalue weighted by atomic mass is 10.1. The first-order chi connectivity index (χ1) is 11.4. The number of fused-ring (bicyclic) bond motifs is 3. The molecule has 3 heterocycles. The third kappa shape index (κ3) is 2.12. The molecule has 1 aromatic carbocycles. The van der Waals surface area contributed by atoms with Crippen LogP contribution in [0.1, 0.15) is 43.2 Å². The fourth-order valence-corrected chi connectivity index (χ4v) is 3.57. The number of alkyl halides is 3. The standard InChI is InChI=1S/C16H15F3N4O/c1-9-15(24)22-8-2-3-12(22)14-21-20-13(23(9)14)10-4-6-11(7-5-10)16(17,18)19/h4-7,9,12H,2-3,8H2,1H3/t9-,12-/m0/s1. The van der Waals surface area contributed by atoms with E-state index in [0.717, 1.165) is 37.3 Å². The first-order valence-corrected chi connectivity index (χ1v) is 7.81. The van der Waals surface area contributed by atoms with E-state index >= 15 is 0 Å². The van der Waals surface area contributed by atoms with E-state index in [-0.39, 0.29) is 11.9 Å². The van der Waals surface area contributed by atoms with Crippen molar-refractivity contribution in [1.29, 1.82) is 0 Å². The Morgan fingerprint density at radius 1 is 1.17 bits per heavy atom. The van der Waals surface area contributed by atoms with E-state index in [2.05, 4.69) is 10.2 Å². The minimum Gasteiger partial charge on any atom is -0.331 e. The summed E-state index contributed by atoms with van der Waals surface area (Å²) in [6.07, 6.45) is -2.62. The van der Waals surface area contributed by atoms with Gasteiger partial charge in [-0.15, -0.1) is 10.2 Å². The molecule has 2 aliphatic rings. The maximum absolute atomic E-state index is 12.7. The van der Waals surface area contributed by atoms with Crippen LogP contribution in [0.2, 0.25) is 0 Å². The molecular formula is C16H15F3N4O. The number of nitrogens with zero attached hydrogens (tertiary/aromatic N) is 4. The first-order valence-electron chi connectivity index (χ1n) is 7.81. The van der Waals surface area contributed by atoms with Gasteiger partial charge in [0.25, 0.3) is 0 Å². The summed E-state index contributed by atoms with van der Waals surface area (Å²) in [5, 5.41) is 8.39. The maximum atomic E-state index is 12.7. The lowest BCUT2D eigenvalue weighted by Crippen LogP contribution is -2.42. The summed E-state index contributed by atoms with van der Waals surface area (Å²) in [7, 11) is 0. The molecule has 0 spiro atoms. The van der Waals surface area contributed by atoms with Gasteiger partial charge in [-0.05, 0) is 31.9 Å². The molecule has 2 aromatic rings. The molecule has 4 rings (SSSR count). The van der Waals surface area contributed by atoms with Crippen molar-refractivity contribution in [2.24, 2.45) is 0 Å². The molecule has 0 aliphatic carbocycles. The normalized spacial score (nSPS) is 23.3. The SMILES string of the molecule is C[C@H]1C(=O)N2CCC[C@H]2c2nnc(-c3ccc(C(F)(F)F)cc3)n21. The van der Waals surface area contributed by atoms with Gasteiger partial charge in [0.15, 0.2) is 11.6 Å². The zero-order valence-electron chi connectivity index (χ0n) is 12.9. The monoisotopic (exact) mass is 336 g/mol. The second-order valence-corrected chi connectivity index (χ2v) is 6.19. The molecule has 2 atom stereocenters. The van der Waals surface area contributed by atoms with Crippen LogP contribution in [-0.4, -0.2) is 32.1 Å². The molecule has 126 valence electrons. The van der Waals surface area contributed by atoms with E-state index in [4.69, 9.17) is 0 Å². The minimum absolute atomic E-state index is 0.0120. The number of hydrogen-bond acceptors (Lipinski definition) is 3. The molecule has 8 heteroatoms. The van der Waals surface area contributed by atoms with Crippen LogP contribution in [0.25, 0.3) is 11.4 Å². The third-order valence-electron chi connectivity index (χ3n) is 4.77. The summed E-state index contributed by atoms with van der Waals surface area (Å²) in [4.78, 5) is 14.4. The summed E-state index contributed by atoms with van der Waals surface area (Å²) >= 11 is 0. The number of rotatable bonds is 1. The Kier molecular flexibility index (Phi) is 3.20. The lowest BCUT2D eigenvalue weighted by molar-refractivity contribution is -0.138. The molecule has 24 heavy (non-hydrogen) atoms. The highest BCUT2D eigenvalue weighted by Crippen LogP contribution is 2.40. The van der Waals surface area contributed by atoms with Gasteiger partial charge in [0.2, 0.25) is 5.91 Å². The van der Waals surface area contributed by atoms with Crippen LogP contribution < -0.4 is 0 Å². The number of carbonyl (C=O) groups is 1. The molecule has 1 saturated heterocycles. The molecular weight excluding hydrogens is 321 g/mol. The van der Waals surface area contributed by atoms with Gasteiger partial charge in [-0.25, -0.2) is 0 Å². The van der Waals surface area contributed by atoms with Crippen LogP contribution in [0.4, 0.5) is 13.2 Å². The van der Waals surface area contributed by atoms with Crippen molar-refractivity contribution < 1.29 is 18.0 Å². The zero-order chi connectivity index (χ0) is 17.1. The highest BCUT2D eigenvalue weighted by Gasteiger charge is 2.42. The average Bonchev–Trinajstić information content (AvgIpc) is 3.18. The number of amides is 1. The predicted octanol–water partition coefficient (Wildman–Crippen LogP) is 3.20. The van der Waals surface area contributed by atoms with E-state index in [1.807, 2.05) is 4.90 Å². The topological polar surface area (TPSA) is 51.0 Å². The van der Waals surface area contributed by atoms with Crippen molar-refractivity contribution in [2.45, 2.75) is 38.0 Å². The van der Waals surface area contributed by atoms with Gasteiger partial charge in [-0.3, -0.25) is 9.36 Å². The van der Waals surface area contributed by atoms with Gasteiger partial charge >= 0.3 is 6.18 Å². The van der Waals surface area contributed by atoms with Crippen molar-refractivity contribution in [1.82, 2.24) is 19.7 Å². The summed E-state index contributed by atoms with van der Waals surface area (Å²) in [6, 6.07) is 4.25. The van der Waals surface area contributed by atoms with Gasteiger partial charge in [0.1, 0.15) is 6.04 Å². The fraction of sp³-hybridized carbons (Fsp3) is 0.438. The second-order valence-electron chi connectivity index (χ2n) is 6.19. The molecule has 0 N–H and O–H groups in total. The van der Waals surface area contributed by atoms with Crippen molar-refractivity contribution in [3.63, 3.8) is 0 Å². The molecule has 5 nitrogen and oxygen atoms in total.